The van der Waals surface area contributed by atoms with Gasteiger partial charge >= 0.3 is 5.97 Å². The Balaban J connectivity index is 2.98. The lowest BCUT2D eigenvalue weighted by atomic mass is 10.1. The number of carbonyl (C=O) groups excluding carboxylic acids is 1. The summed E-state index contributed by atoms with van der Waals surface area (Å²) in [5.41, 5.74) is 0.574. The average Bonchev–Trinajstić information content (AvgIpc) is 2.13. The normalized spacial score (nSPS) is 11.9. The quantitative estimate of drug-likeness (QED) is 0.831. The van der Waals surface area contributed by atoms with Gasteiger partial charge in [-0.1, -0.05) is 12.1 Å². The van der Waals surface area contributed by atoms with Crippen LogP contribution in [0, 0.1) is 3.57 Å². The Kier molecular flexibility index (Phi) is 4.07. The fraction of sp³-hybridized carbons (Fsp3) is 0.200. The predicted octanol–water partition coefficient (Wildman–Crippen LogP) is 1.55. The van der Waals surface area contributed by atoms with Gasteiger partial charge in [-0.05, 0) is 40.3 Å². The van der Waals surface area contributed by atoms with Gasteiger partial charge in [0.05, 0.1) is 0 Å². The summed E-state index contributed by atoms with van der Waals surface area (Å²) in [6.07, 6.45) is 0. The van der Waals surface area contributed by atoms with Crippen molar-refractivity contribution >= 4 is 34.5 Å². The van der Waals surface area contributed by atoms with Crippen LogP contribution in [-0.4, -0.2) is 17.0 Å². The van der Waals surface area contributed by atoms with E-state index in [1.165, 1.54) is 6.92 Å². The maximum Gasteiger partial charge on any atom is 0.330 e. The molecule has 5 heteroatoms. The van der Waals surface area contributed by atoms with E-state index >= 15 is 0 Å². The Hall–Kier alpha value is -1.11. The molecule has 2 N–H and O–H groups in total. The molecule has 0 unspecified atom stereocenters. The van der Waals surface area contributed by atoms with Crippen molar-refractivity contribution in [3.63, 3.8) is 0 Å². The van der Waals surface area contributed by atoms with Crippen LogP contribution in [-0.2, 0) is 9.59 Å². The molecule has 0 radical (unpaired) electrons. The number of aliphatic carboxylic acids is 1. The van der Waals surface area contributed by atoms with Crippen LogP contribution in [0.25, 0.3) is 0 Å². The highest BCUT2D eigenvalue weighted by Crippen LogP contribution is 2.16. The summed E-state index contributed by atoms with van der Waals surface area (Å²) in [7, 11) is 0. The van der Waals surface area contributed by atoms with Crippen molar-refractivity contribution in [2.45, 2.75) is 13.0 Å². The summed E-state index contributed by atoms with van der Waals surface area (Å²) < 4.78 is 0.932. The minimum atomic E-state index is -1.06. The monoisotopic (exact) mass is 319 g/mol. The topological polar surface area (TPSA) is 66.4 Å². The van der Waals surface area contributed by atoms with Crippen molar-refractivity contribution in [2.75, 3.05) is 0 Å². The van der Waals surface area contributed by atoms with E-state index in [9.17, 15) is 9.59 Å². The van der Waals surface area contributed by atoms with Crippen LogP contribution in [0.5, 0.6) is 0 Å². The van der Waals surface area contributed by atoms with E-state index in [4.69, 9.17) is 5.11 Å². The minimum absolute atomic E-state index is 0.360. The van der Waals surface area contributed by atoms with Gasteiger partial charge in [0.15, 0.2) is 6.04 Å². The second-order valence-corrected chi connectivity index (χ2v) is 4.27. The third-order valence-corrected chi connectivity index (χ3v) is 2.45. The summed E-state index contributed by atoms with van der Waals surface area (Å²) in [4.78, 5) is 21.8. The Morgan fingerprint density at radius 2 is 2.13 bits per heavy atom. The number of benzene rings is 1. The highest BCUT2D eigenvalue weighted by Gasteiger charge is 2.20. The number of rotatable bonds is 3. The second kappa shape index (κ2) is 5.11. The van der Waals surface area contributed by atoms with E-state index < -0.39 is 12.0 Å². The van der Waals surface area contributed by atoms with Crippen LogP contribution in [0.1, 0.15) is 18.5 Å². The number of carboxylic acid groups (broad SMARTS) is 1. The Bertz CT molecular complexity index is 392. The summed E-state index contributed by atoms with van der Waals surface area (Å²) in [5, 5.41) is 11.3. The van der Waals surface area contributed by atoms with E-state index in [1.807, 2.05) is 6.07 Å². The van der Waals surface area contributed by atoms with Crippen molar-refractivity contribution in [2.24, 2.45) is 0 Å². The number of halogens is 1. The van der Waals surface area contributed by atoms with Gasteiger partial charge in [-0.2, -0.15) is 0 Å². The third-order valence-electron chi connectivity index (χ3n) is 1.78. The van der Waals surface area contributed by atoms with E-state index in [0.29, 0.717) is 5.56 Å². The molecule has 0 aliphatic heterocycles. The molecule has 4 nitrogen and oxygen atoms in total. The maximum atomic E-state index is 10.9. The lowest BCUT2D eigenvalue weighted by molar-refractivity contribution is -0.141. The van der Waals surface area contributed by atoms with Crippen LogP contribution >= 0.6 is 22.6 Å². The first-order valence-corrected chi connectivity index (χ1v) is 5.34. The molecule has 1 aromatic rings. The fourth-order valence-electron chi connectivity index (χ4n) is 1.18. The lowest BCUT2D eigenvalue weighted by Gasteiger charge is -2.13. The highest BCUT2D eigenvalue weighted by molar-refractivity contribution is 14.1. The van der Waals surface area contributed by atoms with Crippen molar-refractivity contribution < 1.29 is 14.7 Å². The van der Waals surface area contributed by atoms with Gasteiger partial charge < -0.3 is 10.4 Å². The van der Waals surface area contributed by atoms with Crippen LogP contribution in [0.2, 0.25) is 0 Å². The molecule has 0 aliphatic rings. The molecule has 1 rings (SSSR count). The number of hydrogen-bond acceptors (Lipinski definition) is 2. The molecule has 0 fully saturated rings. The first-order chi connectivity index (χ1) is 7.00. The van der Waals surface area contributed by atoms with Gasteiger partial charge in [0.25, 0.3) is 0 Å². The standard InChI is InChI=1S/C10H10INO3/c1-6(13)12-9(10(14)15)7-3-2-4-8(11)5-7/h2-5,9H,1H3,(H,12,13)(H,14,15)/t9-/m1/s1. The van der Waals surface area contributed by atoms with E-state index in [-0.39, 0.29) is 5.91 Å². The Labute approximate surface area is 101 Å². The Morgan fingerprint density at radius 3 is 2.60 bits per heavy atom. The predicted molar refractivity (Wildman–Crippen MR) is 63.4 cm³/mol. The van der Waals surface area contributed by atoms with Crippen molar-refractivity contribution in [1.29, 1.82) is 0 Å². The molecule has 0 bridgehead atoms. The van der Waals surface area contributed by atoms with E-state index in [1.54, 1.807) is 18.2 Å². The van der Waals surface area contributed by atoms with E-state index in [0.717, 1.165) is 3.57 Å². The SMILES string of the molecule is CC(=O)N[C@@H](C(=O)O)c1cccc(I)c1. The molecule has 0 saturated heterocycles. The summed E-state index contributed by atoms with van der Waals surface area (Å²) >= 11 is 2.09. The third kappa shape index (κ3) is 3.50. The van der Waals surface area contributed by atoms with Crippen molar-refractivity contribution in [1.82, 2.24) is 5.32 Å². The highest BCUT2D eigenvalue weighted by atomic mass is 127. The molecule has 0 spiro atoms. The molecule has 15 heavy (non-hydrogen) atoms. The number of carboxylic acids is 1. The second-order valence-electron chi connectivity index (χ2n) is 3.03. The molecule has 0 aliphatic carbocycles. The number of hydrogen-bond donors (Lipinski definition) is 2. The molecule has 0 heterocycles. The molecule has 1 aromatic carbocycles. The molecule has 1 amide bonds. The van der Waals surface area contributed by atoms with Crippen LogP contribution < -0.4 is 5.32 Å². The van der Waals surface area contributed by atoms with Gasteiger partial charge in [0.2, 0.25) is 5.91 Å². The zero-order chi connectivity index (χ0) is 11.4. The zero-order valence-electron chi connectivity index (χ0n) is 8.03. The number of carbonyl (C=O) groups is 2. The molecular weight excluding hydrogens is 309 g/mol. The largest absolute Gasteiger partial charge is 0.479 e. The smallest absolute Gasteiger partial charge is 0.330 e. The first kappa shape index (κ1) is 12.0. The fourth-order valence-corrected chi connectivity index (χ4v) is 1.74. The van der Waals surface area contributed by atoms with Gasteiger partial charge in [-0.25, -0.2) is 4.79 Å². The Morgan fingerprint density at radius 1 is 1.47 bits per heavy atom. The molecule has 1 atom stereocenters. The van der Waals surface area contributed by atoms with Gasteiger partial charge in [0.1, 0.15) is 0 Å². The minimum Gasteiger partial charge on any atom is -0.479 e. The average molecular weight is 319 g/mol. The molecule has 0 saturated carbocycles. The maximum absolute atomic E-state index is 10.9. The van der Waals surface area contributed by atoms with Gasteiger partial charge in [0, 0.05) is 10.5 Å². The first-order valence-electron chi connectivity index (χ1n) is 4.26. The summed E-state index contributed by atoms with van der Waals surface area (Å²) in [5.74, 6) is -1.42. The number of amides is 1. The molecule has 0 aromatic heterocycles. The zero-order valence-corrected chi connectivity index (χ0v) is 10.2. The van der Waals surface area contributed by atoms with Gasteiger partial charge in [-0.15, -0.1) is 0 Å². The van der Waals surface area contributed by atoms with Crippen molar-refractivity contribution in [3.05, 3.63) is 33.4 Å². The summed E-state index contributed by atoms with van der Waals surface area (Å²) in [6, 6.07) is 6.05. The lowest BCUT2D eigenvalue weighted by Crippen LogP contribution is -2.31. The molecular formula is C10H10INO3. The van der Waals surface area contributed by atoms with Crippen molar-refractivity contribution in [3.8, 4) is 0 Å². The molecule has 80 valence electrons. The number of nitrogens with one attached hydrogen (secondary N) is 1. The summed E-state index contributed by atoms with van der Waals surface area (Å²) in [6.45, 7) is 1.30. The van der Waals surface area contributed by atoms with Crippen LogP contribution in [0.4, 0.5) is 0 Å². The van der Waals surface area contributed by atoms with Crippen LogP contribution in [0.3, 0.4) is 0 Å². The van der Waals surface area contributed by atoms with Crippen LogP contribution in [0.15, 0.2) is 24.3 Å². The van der Waals surface area contributed by atoms with Gasteiger partial charge in [-0.3, -0.25) is 4.79 Å². The van der Waals surface area contributed by atoms with E-state index in [2.05, 4.69) is 27.9 Å².